The Kier molecular flexibility index (Phi) is 7.60. The zero-order chi connectivity index (χ0) is 21.4. The van der Waals surface area contributed by atoms with Gasteiger partial charge in [-0.3, -0.25) is 14.4 Å². The molecule has 7 nitrogen and oxygen atoms in total. The van der Waals surface area contributed by atoms with Crippen LogP contribution in [-0.2, 0) is 25.5 Å². The van der Waals surface area contributed by atoms with Crippen LogP contribution in [0, 0.1) is 5.41 Å². The molecule has 2 aliphatic heterocycles. The second-order valence-corrected chi connectivity index (χ2v) is 8.12. The van der Waals surface area contributed by atoms with Crippen LogP contribution in [0.25, 0.3) is 0 Å². The molecule has 0 unspecified atom stereocenters. The molecule has 0 spiro atoms. The zero-order valence-electron chi connectivity index (χ0n) is 17.7. The summed E-state index contributed by atoms with van der Waals surface area (Å²) < 4.78 is 5.43. The normalized spacial score (nSPS) is 21.6. The second kappa shape index (κ2) is 10.4. The summed E-state index contributed by atoms with van der Waals surface area (Å²) in [6, 6.07) is 10.1. The summed E-state index contributed by atoms with van der Waals surface area (Å²) in [6.45, 7) is 3.22. The van der Waals surface area contributed by atoms with Gasteiger partial charge >= 0.3 is 5.97 Å². The maximum atomic E-state index is 12.9. The van der Waals surface area contributed by atoms with Crippen LogP contribution in [0.4, 0.5) is 0 Å². The number of likely N-dealkylation sites (tertiary alicyclic amines) is 1. The van der Waals surface area contributed by atoms with Gasteiger partial charge in [-0.15, -0.1) is 0 Å². The Morgan fingerprint density at radius 3 is 2.70 bits per heavy atom. The predicted octanol–water partition coefficient (Wildman–Crippen LogP) is 2.84. The summed E-state index contributed by atoms with van der Waals surface area (Å²) in [5, 5.41) is 4.04. The molecule has 7 heteroatoms. The van der Waals surface area contributed by atoms with Crippen molar-refractivity contribution >= 4 is 23.5 Å². The smallest absolute Gasteiger partial charge is 0.313 e. The number of rotatable bonds is 8. The van der Waals surface area contributed by atoms with E-state index in [1.54, 1.807) is 0 Å². The van der Waals surface area contributed by atoms with Crippen molar-refractivity contribution in [3.05, 3.63) is 35.9 Å². The number of ether oxygens (including phenoxy) is 1. The molecule has 1 fully saturated rings. The monoisotopic (exact) mass is 413 g/mol. The minimum absolute atomic E-state index is 0.0303. The van der Waals surface area contributed by atoms with Crippen LogP contribution in [0.15, 0.2) is 35.4 Å². The average Bonchev–Trinajstić information content (AvgIpc) is 2.78. The molecule has 1 saturated heterocycles. The number of hydrogen-bond donors (Lipinski definition) is 1. The first-order chi connectivity index (χ1) is 14.5. The van der Waals surface area contributed by atoms with Crippen molar-refractivity contribution in [2.24, 2.45) is 10.5 Å². The van der Waals surface area contributed by atoms with Gasteiger partial charge in [0.15, 0.2) is 0 Å². The number of hydrogen-bond acceptors (Lipinski definition) is 5. The van der Waals surface area contributed by atoms with Gasteiger partial charge in [-0.25, -0.2) is 5.43 Å². The number of carbonyl (C=O) groups excluding carboxylic acids is 3. The minimum Gasteiger partial charge on any atom is -0.466 e. The summed E-state index contributed by atoms with van der Waals surface area (Å²) >= 11 is 0. The van der Waals surface area contributed by atoms with Crippen LogP contribution in [0.2, 0.25) is 0 Å². The molecule has 1 aromatic carbocycles. The number of nitrogens with one attached hydrogen (secondary N) is 1. The van der Waals surface area contributed by atoms with Crippen LogP contribution in [0.5, 0.6) is 0 Å². The Morgan fingerprint density at radius 2 is 2.00 bits per heavy atom. The Labute approximate surface area is 177 Å². The number of esters is 1. The van der Waals surface area contributed by atoms with Gasteiger partial charge in [-0.1, -0.05) is 30.3 Å². The van der Waals surface area contributed by atoms with Crippen LogP contribution < -0.4 is 5.43 Å². The third kappa shape index (κ3) is 5.68. The molecule has 2 amide bonds. The molecule has 30 heavy (non-hydrogen) atoms. The Morgan fingerprint density at radius 1 is 1.20 bits per heavy atom. The maximum Gasteiger partial charge on any atom is 0.313 e. The average molecular weight is 414 g/mol. The molecule has 1 atom stereocenters. The van der Waals surface area contributed by atoms with E-state index in [4.69, 9.17) is 4.74 Å². The fraction of sp³-hybridized carbons (Fsp3) is 0.565. The van der Waals surface area contributed by atoms with Gasteiger partial charge < -0.3 is 9.64 Å². The van der Waals surface area contributed by atoms with Crippen molar-refractivity contribution in [1.82, 2.24) is 10.3 Å². The van der Waals surface area contributed by atoms with E-state index >= 15 is 0 Å². The minimum atomic E-state index is -0.657. The fourth-order valence-electron chi connectivity index (χ4n) is 4.23. The van der Waals surface area contributed by atoms with E-state index in [0.29, 0.717) is 51.8 Å². The number of carbonyl (C=O) groups is 3. The topological polar surface area (TPSA) is 88.1 Å². The van der Waals surface area contributed by atoms with Gasteiger partial charge in [0.25, 0.3) is 0 Å². The molecular formula is C23H31N3O4. The van der Waals surface area contributed by atoms with Gasteiger partial charge in [-0.2, -0.15) is 5.10 Å². The third-order valence-corrected chi connectivity index (χ3v) is 5.98. The summed E-state index contributed by atoms with van der Waals surface area (Å²) in [6.07, 6.45) is 4.86. The van der Waals surface area contributed by atoms with Crippen LogP contribution in [0.3, 0.4) is 0 Å². The summed E-state index contributed by atoms with van der Waals surface area (Å²) in [5.74, 6) is -0.251. The van der Waals surface area contributed by atoms with E-state index in [-0.39, 0.29) is 17.8 Å². The molecule has 1 N–H and O–H groups in total. The molecule has 0 aliphatic carbocycles. The lowest BCUT2D eigenvalue weighted by Crippen LogP contribution is -2.50. The molecule has 0 aromatic heterocycles. The number of benzene rings is 1. The fourth-order valence-corrected chi connectivity index (χ4v) is 4.23. The van der Waals surface area contributed by atoms with E-state index in [9.17, 15) is 14.4 Å². The molecule has 0 saturated carbocycles. The van der Waals surface area contributed by atoms with E-state index < -0.39 is 5.41 Å². The highest BCUT2D eigenvalue weighted by atomic mass is 16.5. The molecule has 0 bridgehead atoms. The van der Waals surface area contributed by atoms with Crippen LogP contribution in [0.1, 0.15) is 57.4 Å². The second-order valence-electron chi connectivity index (χ2n) is 8.12. The quantitative estimate of drug-likeness (QED) is 0.664. The molecular weight excluding hydrogens is 382 g/mol. The number of aryl methyl sites for hydroxylation is 1. The first-order valence-electron chi connectivity index (χ1n) is 10.9. The lowest BCUT2D eigenvalue weighted by Gasteiger charge is -2.41. The molecule has 162 valence electrons. The summed E-state index contributed by atoms with van der Waals surface area (Å²) in [4.78, 5) is 38.8. The highest BCUT2D eigenvalue weighted by Crippen LogP contribution is 2.36. The van der Waals surface area contributed by atoms with E-state index in [1.165, 1.54) is 5.56 Å². The van der Waals surface area contributed by atoms with Gasteiger partial charge in [0.05, 0.1) is 12.0 Å². The van der Waals surface area contributed by atoms with E-state index in [2.05, 4.69) is 22.7 Å². The number of piperidine rings is 1. The van der Waals surface area contributed by atoms with Crippen molar-refractivity contribution in [2.75, 3.05) is 19.7 Å². The number of hydrazone groups is 1. The lowest BCUT2D eigenvalue weighted by atomic mass is 9.75. The largest absolute Gasteiger partial charge is 0.466 e. The molecule has 0 radical (unpaired) electrons. The number of nitrogens with zero attached hydrogens (tertiary/aromatic N) is 2. The highest BCUT2D eigenvalue weighted by molar-refractivity contribution is 5.94. The molecule has 2 heterocycles. The molecule has 1 aromatic rings. The first-order valence-corrected chi connectivity index (χ1v) is 10.9. The Bertz CT molecular complexity index is 793. The van der Waals surface area contributed by atoms with Crippen LogP contribution >= 0.6 is 0 Å². The Balaban J connectivity index is 1.64. The van der Waals surface area contributed by atoms with Crippen molar-refractivity contribution in [1.29, 1.82) is 0 Å². The SMILES string of the molecule is CCOC(=O)[C@]1(CCc2ccccc2)CCCN(C(=O)CCC2=NNC(=O)CC2)C1. The zero-order valence-corrected chi connectivity index (χ0v) is 17.7. The first kappa shape index (κ1) is 22.0. The number of amides is 2. The van der Waals surface area contributed by atoms with Gasteiger partial charge in [0.2, 0.25) is 11.8 Å². The predicted molar refractivity (Wildman–Crippen MR) is 114 cm³/mol. The summed E-state index contributed by atoms with van der Waals surface area (Å²) in [5.41, 5.74) is 3.85. The van der Waals surface area contributed by atoms with Crippen molar-refractivity contribution in [3.8, 4) is 0 Å². The highest BCUT2D eigenvalue weighted by Gasteiger charge is 2.44. The van der Waals surface area contributed by atoms with E-state index in [1.807, 2.05) is 30.0 Å². The van der Waals surface area contributed by atoms with Crippen molar-refractivity contribution in [3.63, 3.8) is 0 Å². The maximum absolute atomic E-state index is 12.9. The van der Waals surface area contributed by atoms with Gasteiger partial charge in [-0.05, 0) is 51.0 Å². The summed E-state index contributed by atoms with van der Waals surface area (Å²) in [7, 11) is 0. The molecule has 3 rings (SSSR count). The van der Waals surface area contributed by atoms with Crippen LogP contribution in [-0.4, -0.2) is 48.1 Å². The van der Waals surface area contributed by atoms with Crippen molar-refractivity contribution in [2.45, 2.75) is 58.3 Å². The standard InChI is InChI=1S/C23H31N3O4/c1-2-30-22(29)23(15-13-18-7-4-3-5-8-18)14-6-16-26(17-23)21(28)12-10-19-9-11-20(27)25-24-19/h3-5,7-8H,2,6,9-17H2,1H3,(H,25,27)/t23-/m0/s1. The lowest BCUT2D eigenvalue weighted by molar-refractivity contribution is -0.161. The Hall–Kier alpha value is -2.70. The van der Waals surface area contributed by atoms with Crippen molar-refractivity contribution < 1.29 is 19.1 Å². The van der Waals surface area contributed by atoms with E-state index in [0.717, 1.165) is 25.0 Å². The molecule has 2 aliphatic rings. The van der Waals surface area contributed by atoms with Gasteiger partial charge in [0.1, 0.15) is 0 Å². The third-order valence-electron chi connectivity index (χ3n) is 5.98. The van der Waals surface area contributed by atoms with Gasteiger partial charge in [0, 0.05) is 31.6 Å².